The number of hydrogen-bond acceptors (Lipinski definition) is 7. The number of nitrogens with two attached hydrogens (primary N) is 3. The third-order valence-corrected chi connectivity index (χ3v) is 4.61. The number of carbonyl (C=O) groups is 5. The van der Waals surface area contributed by atoms with Gasteiger partial charge >= 0.3 is 5.97 Å². The van der Waals surface area contributed by atoms with Gasteiger partial charge in [-0.3, -0.25) is 19.2 Å². The Morgan fingerprint density at radius 3 is 2.41 bits per heavy atom. The van der Waals surface area contributed by atoms with Gasteiger partial charge in [0.1, 0.15) is 12.1 Å². The van der Waals surface area contributed by atoms with Crippen molar-refractivity contribution in [1.29, 1.82) is 0 Å². The van der Waals surface area contributed by atoms with Crippen LogP contribution in [0.4, 0.5) is 0 Å². The second-order valence-electron chi connectivity index (χ2n) is 6.92. The Labute approximate surface area is 168 Å². The van der Waals surface area contributed by atoms with E-state index in [-0.39, 0.29) is 19.4 Å². The van der Waals surface area contributed by atoms with Crippen molar-refractivity contribution in [2.75, 3.05) is 19.6 Å². The number of amides is 4. The van der Waals surface area contributed by atoms with E-state index in [1.54, 1.807) is 0 Å². The summed E-state index contributed by atoms with van der Waals surface area (Å²) in [7, 11) is 0. The van der Waals surface area contributed by atoms with Gasteiger partial charge in [0.05, 0.1) is 19.0 Å². The zero-order chi connectivity index (χ0) is 22.0. The fourth-order valence-corrected chi connectivity index (χ4v) is 3.06. The first kappa shape index (κ1) is 24.3. The molecule has 1 fully saturated rings. The summed E-state index contributed by atoms with van der Waals surface area (Å²) in [6, 6.07) is -3.07. The lowest BCUT2D eigenvalue weighted by molar-refractivity contribution is -0.148. The summed E-state index contributed by atoms with van der Waals surface area (Å²) in [6.07, 6.45) is 2.00. The SMILES string of the molecule is NCCCCC(NC(=O)C(N)CC(N)=O)C(=O)NCC(=O)N1CCCC1C(=O)O. The van der Waals surface area contributed by atoms with Crippen molar-refractivity contribution in [3.05, 3.63) is 0 Å². The Balaban J connectivity index is 2.66. The average Bonchev–Trinajstić information content (AvgIpc) is 3.14. The number of primary amides is 1. The van der Waals surface area contributed by atoms with E-state index in [4.69, 9.17) is 22.3 Å². The van der Waals surface area contributed by atoms with Crippen LogP contribution in [0.1, 0.15) is 38.5 Å². The normalized spacial score (nSPS) is 18.0. The molecule has 0 aromatic heterocycles. The first-order valence-corrected chi connectivity index (χ1v) is 9.51. The molecule has 12 heteroatoms. The number of hydrogen-bond donors (Lipinski definition) is 6. The Bertz CT molecular complexity index is 628. The molecule has 164 valence electrons. The van der Waals surface area contributed by atoms with Gasteiger partial charge in [-0.2, -0.15) is 0 Å². The summed E-state index contributed by atoms with van der Waals surface area (Å²) in [5, 5.41) is 14.0. The summed E-state index contributed by atoms with van der Waals surface area (Å²) in [6.45, 7) is 0.330. The maximum atomic E-state index is 12.5. The highest BCUT2D eigenvalue weighted by Gasteiger charge is 2.34. The molecule has 3 atom stereocenters. The Hall–Kier alpha value is -2.73. The molecular formula is C17H30N6O6. The molecule has 0 saturated carbocycles. The topological polar surface area (TPSA) is 211 Å². The van der Waals surface area contributed by atoms with E-state index in [0.717, 1.165) is 0 Å². The van der Waals surface area contributed by atoms with Crippen LogP contribution in [0.5, 0.6) is 0 Å². The maximum absolute atomic E-state index is 12.5. The molecule has 0 aliphatic carbocycles. The van der Waals surface area contributed by atoms with Crippen molar-refractivity contribution in [1.82, 2.24) is 15.5 Å². The molecule has 3 unspecified atom stereocenters. The predicted octanol–water partition coefficient (Wildman–Crippen LogP) is -3.01. The minimum atomic E-state index is -1.19. The molecule has 0 radical (unpaired) electrons. The maximum Gasteiger partial charge on any atom is 0.326 e. The van der Waals surface area contributed by atoms with Crippen LogP contribution < -0.4 is 27.8 Å². The fourth-order valence-electron chi connectivity index (χ4n) is 3.06. The van der Waals surface area contributed by atoms with Crippen LogP contribution in [0.3, 0.4) is 0 Å². The zero-order valence-electron chi connectivity index (χ0n) is 16.3. The van der Waals surface area contributed by atoms with E-state index in [2.05, 4.69) is 10.6 Å². The van der Waals surface area contributed by atoms with Gasteiger partial charge in [-0.25, -0.2) is 4.79 Å². The number of carbonyl (C=O) groups excluding carboxylic acids is 4. The van der Waals surface area contributed by atoms with Crippen molar-refractivity contribution in [3.63, 3.8) is 0 Å². The van der Waals surface area contributed by atoms with Crippen molar-refractivity contribution in [2.24, 2.45) is 17.2 Å². The molecule has 0 aromatic carbocycles. The molecule has 1 heterocycles. The van der Waals surface area contributed by atoms with E-state index in [1.165, 1.54) is 4.90 Å². The van der Waals surface area contributed by atoms with E-state index in [0.29, 0.717) is 38.8 Å². The summed E-state index contributed by atoms with van der Waals surface area (Å²) in [4.78, 5) is 60.2. The quantitative estimate of drug-likeness (QED) is 0.181. The van der Waals surface area contributed by atoms with Crippen LogP contribution in [0, 0.1) is 0 Å². The number of nitrogens with one attached hydrogen (secondary N) is 2. The van der Waals surface area contributed by atoms with Crippen molar-refractivity contribution in [3.8, 4) is 0 Å². The van der Waals surface area contributed by atoms with Crippen LogP contribution in [0.15, 0.2) is 0 Å². The molecular weight excluding hydrogens is 384 g/mol. The molecule has 4 amide bonds. The van der Waals surface area contributed by atoms with Gasteiger partial charge in [0.15, 0.2) is 0 Å². The second kappa shape index (κ2) is 12.0. The van der Waals surface area contributed by atoms with Crippen LogP contribution in [-0.2, 0) is 24.0 Å². The predicted molar refractivity (Wildman–Crippen MR) is 102 cm³/mol. The van der Waals surface area contributed by atoms with E-state index >= 15 is 0 Å². The van der Waals surface area contributed by atoms with Gasteiger partial charge in [0.25, 0.3) is 0 Å². The molecule has 1 aliphatic rings. The highest BCUT2D eigenvalue weighted by molar-refractivity contribution is 5.94. The third kappa shape index (κ3) is 8.03. The minimum Gasteiger partial charge on any atom is -0.480 e. The van der Waals surface area contributed by atoms with E-state index in [9.17, 15) is 24.0 Å². The Morgan fingerprint density at radius 2 is 1.83 bits per heavy atom. The third-order valence-electron chi connectivity index (χ3n) is 4.61. The van der Waals surface area contributed by atoms with Gasteiger partial charge in [0.2, 0.25) is 23.6 Å². The number of unbranched alkanes of at least 4 members (excludes halogenated alkanes) is 1. The highest BCUT2D eigenvalue weighted by Crippen LogP contribution is 2.17. The Morgan fingerprint density at radius 1 is 1.14 bits per heavy atom. The van der Waals surface area contributed by atoms with Gasteiger partial charge in [-0.05, 0) is 38.6 Å². The lowest BCUT2D eigenvalue weighted by Gasteiger charge is -2.23. The van der Waals surface area contributed by atoms with Gasteiger partial charge in [-0.15, -0.1) is 0 Å². The lowest BCUT2D eigenvalue weighted by Crippen LogP contribution is -2.54. The molecule has 12 nitrogen and oxygen atoms in total. The fraction of sp³-hybridized carbons (Fsp3) is 0.706. The standard InChI is InChI=1S/C17H30N6O6/c18-6-2-1-4-11(22-15(26)10(19)8-13(20)24)16(27)21-9-14(25)23-7-3-5-12(23)17(28)29/h10-12H,1-9,18-19H2,(H2,20,24)(H,21,27)(H,22,26)(H,28,29). The number of rotatable bonds is 12. The summed E-state index contributed by atoms with van der Waals surface area (Å²) >= 11 is 0. The number of carboxylic acids is 1. The number of likely N-dealkylation sites (tertiary alicyclic amines) is 1. The van der Waals surface area contributed by atoms with E-state index in [1.807, 2.05) is 0 Å². The molecule has 9 N–H and O–H groups in total. The molecule has 0 spiro atoms. The molecule has 1 aliphatic heterocycles. The monoisotopic (exact) mass is 414 g/mol. The van der Waals surface area contributed by atoms with Crippen LogP contribution in [0.25, 0.3) is 0 Å². The number of nitrogens with zero attached hydrogens (tertiary/aromatic N) is 1. The molecule has 0 bridgehead atoms. The largest absolute Gasteiger partial charge is 0.480 e. The van der Waals surface area contributed by atoms with Crippen LogP contribution >= 0.6 is 0 Å². The van der Waals surface area contributed by atoms with Crippen molar-refractivity contribution >= 4 is 29.6 Å². The van der Waals surface area contributed by atoms with Crippen LogP contribution in [0.2, 0.25) is 0 Å². The average molecular weight is 414 g/mol. The molecule has 29 heavy (non-hydrogen) atoms. The first-order chi connectivity index (χ1) is 13.7. The van der Waals surface area contributed by atoms with Gasteiger partial charge in [0, 0.05) is 6.54 Å². The molecule has 0 aromatic rings. The zero-order valence-corrected chi connectivity index (χ0v) is 16.3. The minimum absolute atomic E-state index is 0.258. The van der Waals surface area contributed by atoms with Gasteiger partial charge in [-0.1, -0.05) is 0 Å². The highest BCUT2D eigenvalue weighted by atomic mass is 16.4. The second-order valence-corrected chi connectivity index (χ2v) is 6.92. The number of aliphatic carboxylic acids is 1. The summed E-state index contributed by atoms with van der Waals surface area (Å²) in [5.74, 6) is -3.67. The van der Waals surface area contributed by atoms with Crippen molar-refractivity contribution < 1.29 is 29.1 Å². The smallest absolute Gasteiger partial charge is 0.326 e. The van der Waals surface area contributed by atoms with Crippen molar-refractivity contribution in [2.45, 2.75) is 56.7 Å². The molecule has 1 rings (SSSR count). The van der Waals surface area contributed by atoms with Crippen LogP contribution in [-0.4, -0.2) is 77.4 Å². The van der Waals surface area contributed by atoms with Gasteiger partial charge < -0.3 is 37.8 Å². The summed E-state index contributed by atoms with van der Waals surface area (Å²) < 4.78 is 0. The number of carboxylic acid groups (broad SMARTS) is 1. The molecule has 1 saturated heterocycles. The van der Waals surface area contributed by atoms with E-state index < -0.39 is 47.7 Å². The first-order valence-electron chi connectivity index (χ1n) is 9.51. The summed E-state index contributed by atoms with van der Waals surface area (Å²) in [5.41, 5.74) is 16.0. The lowest BCUT2D eigenvalue weighted by atomic mass is 10.1. The Kier molecular flexibility index (Phi) is 10.0.